The minimum atomic E-state index is -0.755. The van der Waals surface area contributed by atoms with E-state index in [1.807, 2.05) is 18.2 Å². The normalized spacial score (nSPS) is 15.8. The van der Waals surface area contributed by atoms with Gasteiger partial charge in [-0.15, -0.1) is 0 Å². The molecular weight excluding hydrogens is 320 g/mol. The van der Waals surface area contributed by atoms with Gasteiger partial charge >= 0.3 is 17.9 Å². The third-order valence-electron chi connectivity index (χ3n) is 4.39. The number of methoxy groups -OCH3 is 1. The Morgan fingerprint density at radius 2 is 1.60 bits per heavy atom. The van der Waals surface area contributed by atoms with Crippen molar-refractivity contribution in [1.82, 2.24) is 0 Å². The van der Waals surface area contributed by atoms with Crippen LogP contribution < -0.4 is 0 Å². The molecule has 2 aromatic rings. The molecule has 0 aliphatic heterocycles. The van der Waals surface area contributed by atoms with E-state index in [9.17, 15) is 14.4 Å². The molecule has 3 rings (SSSR count). The number of aryl methyl sites for hydroxylation is 1. The third-order valence-corrected chi connectivity index (χ3v) is 4.39. The second-order valence-electron chi connectivity index (χ2n) is 5.99. The van der Waals surface area contributed by atoms with Crippen molar-refractivity contribution >= 4 is 17.9 Å². The van der Waals surface area contributed by atoms with Gasteiger partial charge in [0.05, 0.1) is 24.2 Å². The Balaban J connectivity index is 1.67. The van der Waals surface area contributed by atoms with E-state index in [-0.39, 0.29) is 17.0 Å². The number of hydrogen-bond acceptors (Lipinski definition) is 5. The molecule has 5 heteroatoms. The van der Waals surface area contributed by atoms with Crippen LogP contribution in [0.25, 0.3) is 0 Å². The average molecular weight is 338 g/mol. The van der Waals surface area contributed by atoms with Gasteiger partial charge in [0, 0.05) is 0 Å². The third kappa shape index (κ3) is 3.76. The summed E-state index contributed by atoms with van der Waals surface area (Å²) >= 11 is 0. The van der Waals surface area contributed by atoms with Crippen LogP contribution in [-0.4, -0.2) is 25.0 Å². The molecular formula is C20H18O5. The second kappa shape index (κ2) is 7.30. The largest absolute Gasteiger partial charge is 0.465 e. The topological polar surface area (TPSA) is 69.7 Å². The fourth-order valence-electron chi connectivity index (χ4n) is 3.02. The lowest BCUT2D eigenvalue weighted by atomic mass is 9.84. The van der Waals surface area contributed by atoms with Gasteiger partial charge in [-0.05, 0) is 48.6 Å². The summed E-state index contributed by atoms with van der Waals surface area (Å²) in [6.45, 7) is 0. The lowest BCUT2D eigenvalue weighted by Gasteiger charge is -2.22. The van der Waals surface area contributed by atoms with Gasteiger partial charge in [-0.3, -0.25) is 4.79 Å². The van der Waals surface area contributed by atoms with Gasteiger partial charge in [0.15, 0.2) is 0 Å². The van der Waals surface area contributed by atoms with Gasteiger partial charge in [0.2, 0.25) is 0 Å². The van der Waals surface area contributed by atoms with Crippen LogP contribution in [-0.2, 0) is 27.1 Å². The molecule has 0 saturated carbocycles. The van der Waals surface area contributed by atoms with Gasteiger partial charge in [0.25, 0.3) is 0 Å². The fraction of sp³-hybridized carbons (Fsp3) is 0.250. The Hall–Kier alpha value is -2.95. The monoisotopic (exact) mass is 338 g/mol. The highest BCUT2D eigenvalue weighted by Crippen LogP contribution is 2.26. The fourth-order valence-corrected chi connectivity index (χ4v) is 3.02. The molecule has 5 nitrogen and oxygen atoms in total. The molecule has 0 amide bonds. The highest BCUT2D eigenvalue weighted by atomic mass is 16.6. The van der Waals surface area contributed by atoms with Crippen molar-refractivity contribution in [3.8, 4) is 0 Å². The van der Waals surface area contributed by atoms with Crippen molar-refractivity contribution in [3.05, 3.63) is 70.8 Å². The molecule has 2 aromatic carbocycles. The molecule has 1 aliphatic carbocycles. The zero-order chi connectivity index (χ0) is 17.8. The first-order chi connectivity index (χ1) is 12.1. The molecule has 0 heterocycles. The molecule has 0 aromatic heterocycles. The van der Waals surface area contributed by atoms with Gasteiger partial charge in [0.1, 0.15) is 0 Å². The number of fused-ring (bicyclic) bond motifs is 1. The first-order valence-corrected chi connectivity index (χ1v) is 8.09. The maximum atomic E-state index is 12.3. The standard InChI is InChI=1S/C20H18O5/c1-24-18(21)15-7-4-8-16(12-15)19(22)25-20(23)17-10-9-13-5-2-3-6-14(13)11-17/h2-8,12,17H,9-11H2,1H3. The summed E-state index contributed by atoms with van der Waals surface area (Å²) in [5.41, 5.74) is 2.74. The van der Waals surface area contributed by atoms with Crippen LogP contribution >= 0.6 is 0 Å². The first kappa shape index (κ1) is 16.9. The van der Waals surface area contributed by atoms with Crippen LogP contribution in [0.2, 0.25) is 0 Å². The Kier molecular flexibility index (Phi) is 4.93. The van der Waals surface area contributed by atoms with E-state index >= 15 is 0 Å². The minimum Gasteiger partial charge on any atom is -0.465 e. The summed E-state index contributed by atoms with van der Waals surface area (Å²) in [4.78, 5) is 36.1. The number of esters is 3. The predicted molar refractivity (Wildman–Crippen MR) is 90.2 cm³/mol. The molecule has 0 spiro atoms. The van der Waals surface area contributed by atoms with Crippen molar-refractivity contribution in [1.29, 1.82) is 0 Å². The number of ether oxygens (including phenoxy) is 2. The van der Waals surface area contributed by atoms with Crippen molar-refractivity contribution in [3.63, 3.8) is 0 Å². The van der Waals surface area contributed by atoms with E-state index < -0.39 is 17.9 Å². The molecule has 25 heavy (non-hydrogen) atoms. The first-order valence-electron chi connectivity index (χ1n) is 8.09. The maximum Gasteiger partial charge on any atom is 0.345 e. The van der Waals surface area contributed by atoms with Crippen LogP contribution in [0, 0.1) is 5.92 Å². The quantitative estimate of drug-likeness (QED) is 0.636. The molecule has 0 bridgehead atoms. The molecule has 0 saturated heterocycles. The van der Waals surface area contributed by atoms with Crippen LogP contribution in [0.5, 0.6) is 0 Å². The number of rotatable bonds is 3. The summed E-state index contributed by atoms with van der Waals surface area (Å²) in [5.74, 6) is -2.16. The zero-order valence-electron chi connectivity index (χ0n) is 13.9. The van der Waals surface area contributed by atoms with Gasteiger partial charge in [-0.2, -0.15) is 0 Å². The summed E-state index contributed by atoms with van der Waals surface area (Å²) in [7, 11) is 1.26. The summed E-state index contributed by atoms with van der Waals surface area (Å²) in [5, 5.41) is 0. The smallest absolute Gasteiger partial charge is 0.345 e. The van der Waals surface area contributed by atoms with E-state index in [1.165, 1.54) is 30.9 Å². The molecule has 0 radical (unpaired) electrons. The number of carbonyl (C=O) groups excluding carboxylic acids is 3. The summed E-state index contributed by atoms with van der Waals surface area (Å²) < 4.78 is 9.65. The van der Waals surface area contributed by atoms with Crippen molar-refractivity contribution in [2.75, 3.05) is 7.11 Å². The summed E-state index contributed by atoms with van der Waals surface area (Å²) in [6.07, 6.45) is 2.03. The van der Waals surface area contributed by atoms with Gasteiger partial charge < -0.3 is 9.47 Å². The van der Waals surface area contributed by atoms with Crippen molar-refractivity contribution < 1.29 is 23.9 Å². The lowest BCUT2D eigenvalue weighted by molar-refractivity contribution is -0.143. The number of carbonyl (C=O) groups is 3. The van der Waals surface area contributed by atoms with Crippen LogP contribution in [0.1, 0.15) is 38.3 Å². The molecule has 1 atom stereocenters. The van der Waals surface area contributed by atoms with E-state index in [4.69, 9.17) is 4.74 Å². The molecule has 1 unspecified atom stereocenters. The number of hydrogen-bond donors (Lipinski definition) is 0. The summed E-state index contributed by atoms with van der Waals surface area (Å²) in [6, 6.07) is 13.9. The van der Waals surface area contributed by atoms with E-state index in [1.54, 1.807) is 6.07 Å². The Morgan fingerprint density at radius 1 is 0.920 bits per heavy atom. The Labute approximate surface area is 145 Å². The number of benzene rings is 2. The van der Waals surface area contributed by atoms with Crippen molar-refractivity contribution in [2.45, 2.75) is 19.3 Å². The van der Waals surface area contributed by atoms with E-state index in [0.29, 0.717) is 12.8 Å². The van der Waals surface area contributed by atoms with E-state index in [0.717, 1.165) is 12.0 Å². The van der Waals surface area contributed by atoms with Crippen LogP contribution in [0.15, 0.2) is 48.5 Å². The Bertz CT molecular complexity index is 824. The van der Waals surface area contributed by atoms with Gasteiger partial charge in [-0.25, -0.2) is 9.59 Å². The second-order valence-corrected chi connectivity index (χ2v) is 5.99. The molecule has 128 valence electrons. The van der Waals surface area contributed by atoms with Crippen LogP contribution in [0.3, 0.4) is 0 Å². The Morgan fingerprint density at radius 3 is 2.32 bits per heavy atom. The minimum absolute atomic E-state index is 0.146. The van der Waals surface area contributed by atoms with Crippen molar-refractivity contribution in [2.24, 2.45) is 5.92 Å². The highest BCUT2D eigenvalue weighted by molar-refractivity contribution is 5.99. The SMILES string of the molecule is COC(=O)c1cccc(C(=O)OC(=O)C2CCc3ccccc3C2)c1. The molecule has 1 aliphatic rings. The molecule has 0 fully saturated rings. The van der Waals surface area contributed by atoms with E-state index in [2.05, 4.69) is 10.8 Å². The average Bonchev–Trinajstić information content (AvgIpc) is 2.66. The molecule has 0 N–H and O–H groups in total. The lowest BCUT2D eigenvalue weighted by Crippen LogP contribution is -2.26. The predicted octanol–water partition coefficient (Wildman–Crippen LogP) is 2.96. The van der Waals surface area contributed by atoms with Gasteiger partial charge in [-0.1, -0.05) is 30.3 Å². The van der Waals surface area contributed by atoms with Crippen LogP contribution in [0.4, 0.5) is 0 Å². The highest BCUT2D eigenvalue weighted by Gasteiger charge is 2.28. The maximum absolute atomic E-state index is 12.3. The zero-order valence-corrected chi connectivity index (χ0v) is 13.9.